The number of ether oxygens (including phenoxy) is 1. The van der Waals surface area contributed by atoms with Gasteiger partial charge in [-0.2, -0.15) is 13.2 Å². The van der Waals surface area contributed by atoms with E-state index in [9.17, 15) is 18.3 Å². The van der Waals surface area contributed by atoms with Crippen LogP contribution in [0, 0.1) is 0 Å². The number of fused-ring (bicyclic) bond motifs is 1. The van der Waals surface area contributed by atoms with Crippen molar-refractivity contribution in [2.24, 2.45) is 0 Å². The minimum atomic E-state index is -4.76. The molecule has 0 radical (unpaired) electrons. The van der Waals surface area contributed by atoms with Crippen LogP contribution in [0.1, 0.15) is 51.7 Å². The van der Waals surface area contributed by atoms with Gasteiger partial charge in [0, 0.05) is 0 Å². The van der Waals surface area contributed by atoms with Crippen LogP contribution in [0.5, 0.6) is 0 Å². The molecule has 0 amide bonds. The number of alkyl halides is 3. The quantitative estimate of drug-likeness (QED) is 0.618. The highest BCUT2D eigenvalue weighted by Gasteiger charge is 2.51. The molecule has 0 bridgehead atoms. The van der Waals surface area contributed by atoms with Crippen molar-refractivity contribution in [1.82, 2.24) is 0 Å². The maximum absolute atomic E-state index is 13.1. The predicted molar refractivity (Wildman–Crippen MR) is 104 cm³/mol. The SMILES string of the molecule is C=C(C)c1c(C(CC)(CC)OCC(C)(O)C(F)(F)F)ccc2ccccc12. The molecule has 27 heavy (non-hydrogen) atoms. The highest BCUT2D eigenvalue weighted by atomic mass is 19.4. The zero-order valence-electron chi connectivity index (χ0n) is 16.3. The van der Waals surface area contributed by atoms with Crippen molar-refractivity contribution in [2.45, 2.75) is 57.9 Å². The number of halogens is 3. The molecular weight excluding hydrogens is 353 g/mol. The minimum absolute atomic E-state index is 0.468. The Hall–Kier alpha value is -1.85. The molecule has 0 spiro atoms. The Morgan fingerprint density at radius 3 is 2.19 bits per heavy atom. The summed E-state index contributed by atoms with van der Waals surface area (Å²) in [6, 6.07) is 11.7. The molecule has 0 heterocycles. The van der Waals surface area contributed by atoms with Crippen LogP contribution in [0.4, 0.5) is 13.2 Å². The molecule has 0 saturated carbocycles. The molecular formula is C22H27F3O2. The molecule has 5 heteroatoms. The number of hydrogen-bond donors (Lipinski definition) is 1. The molecule has 148 valence electrons. The molecule has 0 aliphatic rings. The topological polar surface area (TPSA) is 29.5 Å². The van der Waals surface area contributed by atoms with Crippen LogP contribution < -0.4 is 0 Å². The Kier molecular flexibility index (Phi) is 6.07. The van der Waals surface area contributed by atoms with Crippen molar-refractivity contribution in [3.63, 3.8) is 0 Å². The standard InChI is InChI=1S/C22H27F3O2/c1-6-21(7-2,27-14-20(5,26)22(23,24)25)18-13-12-16-10-8-9-11-17(16)19(18)15(3)4/h8-13,26H,3,6-7,14H2,1-2,4-5H3. The summed E-state index contributed by atoms with van der Waals surface area (Å²) >= 11 is 0. The van der Waals surface area contributed by atoms with Gasteiger partial charge < -0.3 is 9.84 Å². The maximum atomic E-state index is 13.1. The predicted octanol–water partition coefficient (Wildman–Crippen LogP) is 6.22. The molecule has 1 N–H and O–H groups in total. The van der Waals surface area contributed by atoms with Gasteiger partial charge in [-0.1, -0.05) is 62.4 Å². The van der Waals surface area contributed by atoms with Crippen molar-refractivity contribution in [3.8, 4) is 0 Å². The zero-order chi connectivity index (χ0) is 20.5. The monoisotopic (exact) mass is 380 g/mol. The van der Waals surface area contributed by atoms with Crippen LogP contribution in [0.25, 0.3) is 16.3 Å². The van der Waals surface area contributed by atoms with Crippen molar-refractivity contribution in [2.75, 3.05) is 6.61 Å². The lowest BCUT2D eigenvalue weighted by molar-refractivity contribution is -0.278. The van der Waals surface area contributed by atoms with E-state index in [1.165, 1.54) is 0 Å². The van der Waals surface area contributed by atoms with Gasteiger partial charge in [0.15, 0.2) is 5.60 Å². The summed E-state index contributed by atoms with van der Waals surface area (Å²) < 4.78 is 45.1. The van der Waals surface area contributed by atoms with Gasteiger partial charge in [0.1, 0.15) is 0 Å². The van der Waals surface area contributed by atoms with Crippen molar-refractivity contribution in [1.29, 1.82) is 0 Å². The second-order valence-corrected chi connectivity index (χ2v) is 7.25. The summed E-state index contributed by atoms with van der Waals surface area (Å²) in [5.74, 6) is 0. The van der Waals surface area contributed by atoms with Crippen LogP contribution in [-0.2, 0) is 10.3 Å². The Morgan fingerprint density at radius 1 is 1.07 bits per heavy atom. The maximum Gasteiger partial charge on any atom is 0.419 e. The highest BCUT2D eigenvalue weighted by molar-refractivity contribution is 5.94. The van der Waals surface area contributed by atoms with E-state index in [2.05, 4.69) is 6.58 Å². The molecule has 0 aliphatic heterocycles. The van der Waals surface area contributed by atoms with Crippen LogP contribution in [0.2, 0.25) is 0 Å². The molecule has 1 atom stereocenters. The summed E-state index contributed by atoms with van der Waals surface area (Å²) in [6.07, 6.45) is -3.83. The number of benzene rings is 2. The normalized spacial score (nSPS) is 15.0. The van der Waals surface area contributed by atoms with Gasteiger partial charge >= 0.3 is 6.18 Å². The van der Waals surface area contributed by atoms with Crippen molar-refractivity contribution < 1.29 is 23.0 Å². The minimum Gasteiger partial charge on any atom is -0.379 e. The lowest BCUT2D eigenvalue weighted by Gasteiger charge is -2.38. The lowest BCUT2D eigenvalue weighted by atomic mass is 9.81. The Balaban J connectivity index is 2.59. The largest absolute Gasteiger partial charge is 0.419 e. The fourth-order valence-corrected chi connectivity index (χ4v) is 3.38. The van der Waals surface area contributed by atoms with Gasteiger partial charge in [0.05, 0.1) is 12.2 Å². The van der Waals surface area contributed by atoms with E-state index in [0.29, 0.717) is 12.8 Å². The summed E-state index contributed by atoms with van der Waals surface area (Å²) in [5, 5.41) is 11.9. The molecule has 2 aromatic rings. The third kappa shape index (κ3) is 4.04. The number of aliphatic hydroxyl groups is 1. The first kappa shape index (κ1) is 21.5. The van der Waals surface area contributed by atoms with Gasteiger partial charge in [-0.25, -0.2) is 0 Å². The smallest absolute Gasteiger partial charge is 0.379 e. The molecule has 1 unspecified atom stereocenters. The van der Waals surface area contributed by atoms with E-state index in [1.54, 1.807) is 0 Å². The molecule has 0 aromatic heterocycles. The number of rotatable bonds is 7. The zero-order valence-corrected chi connectivity index (χ0v) is 16.3. The lowest BCUT2D eigenvalue weighted by Crippen LogP contribution is -2.48. The van der Waals surface area contributed by atoms with E-state index < -0.39 is 24.0 Å². The summed E-state index contributed by atoms with van der Waals surface area (Å²) in [6.45, 7) is 9.63. The highest BCUT2D eigenvalue weighted by Crippen LogP contribution is 2.42. The van der Waals surface area contributed by atoms with Gasteiger partial charge in [-0.15, -0.1) is 0 Å². The van der Waals surface area contributed by atoms with E-state index >= 15 is 0 Å². The molecule has 2 rings (SSSR count). The van der Waals surface area contributed by atoms with Gasteiger partial charge in [0.25, 0.3) is 0 Å². The number of allylic oxidation sites excluding steroid dienone is 1. The first-order valence-electron chi connectivity index (χ1n) is 9.10. The van der Waals surface area contributed by atoms with Crippen molar-refractivity contribution in [3.05, 3.63) is 54.1 Å². The van der Waals surface area contributed by atoms with Gasteiger partial charge in [-0.3, -0.25) is 0 Å². The molecule has 0 aliphatic carbocycles. The van der Waals surface area contributed by atoms with Crippen LogP contribution in [0.15, 0.2) is 43.0 Å². The Bertz CT molecular complexity index is 818. The Labute approximate surface area is 158 Å². The molecule has 0 saturated heterocycles. The van der Waals surface area contributed by atoms with Crippen LogP contribution in [0.3, 0.4) is 0 Å². The molecule has 2 aromatic carbocycles. The van der Waals surface area contributed by atoms with E-state index in [1.807, 2.05) is 57.2 Å². The summed E-state index contributed by atoms with van der Waals surface area (Å²) in [4.78, 5) is 0. The fourth-order valence-electron chi connectivity index (χ4n) is 3.38. The summed E-state index contributed by atoms with van der Waals surface area (Å²) in [7, 11) is 0. The third-order valence-corrected chi connectivity index (χ3v) is 5.23. The first-order valence-corrected chi connectivity index (χ1v) is 9.10. The first-order chi connectivity index (χ1) is 12.5. The van der Waals surface area contributed by atoms with E-state index in [0.717, 1.165) is 34.4 Å². The summed E-state index contributed by atoms with van der Waals surface area (Å²) in [5.41, 5.74) is -1.35. The third-order valence-electron chi connectivity index (χ3n) is 5.23. The van der Waals surface area contributed by atoms with E-state index in [4.69, 9.17) is 4.74 Å². The fraction of sp³-hybridized carbons (Fsp3) is 0.455. The van der Waals surface area contributed by atoms with Gasteiger partial charge in [0.2, 0.25) is 0 Å². The average Bonchev–Trinajstić information content (AvgIpc) is 2.61. The number of hydrogen-bond acceptors (Lipinski definition) is 2. The average molecular weight is 380 g/mol. The van der Waals surface area contributed by atoms with Crippen molar-refractivity contribution >= 4 is 16.3 Å². The van der Waals surface area contributed by atoms with E-state index in [-0.39, 0.29) is 0 Å². The molecule has 2 nitrogen and oxygen atoms in total. The molecule has 0 fully saturated rings. The Morgan fingerprint density at radius 2 is 1.67 bits per heavy atom. The second kappa shape index (κ2) is 7.64. The van der Waals surface area contributed by atoms with Crippen LogP contribution >= 0.6 is 0 Å². The second-order valence-electron chi connectivity index (χ2n) is 7.25. The van der Waals surface area contributed by atoms with Crippen LogP contribution in [-0.4, -0.2) is 23.5 Å². The van der Waals surface area contributed by atoms with Gasteiger partial charge in [-0.05, 0) is 48.6 Å².